The lowest BCUT2D eigenvalue weighted by molar-refractivity contribution is 0.195. The van der Waals surface area contributed by atoms with Crippen LogP contribution in [0.1, 0.15) is 24.5 Å². The smallest absolute Gasteiger partial charge is 0.0465 e. The number of rotatable bonds is 5. The summed E-state index contributed by atoms with van der Waals surface area (Å²) in [6, 6.07) is 13.5. The second kappa shape index (κ2) is 5.83. The van der Waals surface area contributed by atoms with E-state index in [0.717, 1.165) is 25.9 Å². The molecule has 0 bridgehead atoms. The highest BCUT2D eigenvalue weighted by Crippen LogP contribution is 2.19. The van der Waals surface area contributed by atoms with Crippen molar-refractivity contribution in [3.8, 4) is 0 Å². The van der Waals surface area contributed by atoms with Crippen LogP contribution in [-0.4, -0.2) is 13.7 Å². The molecule has 0 atom stereocenters. The molecule has 0 heterocycles. The number of aryl methyl sites for hydroxylation is 2. The van der Waals surface area contributed by atoms with E-state index in [1.807, 2.05) is 0 Å². The van der Waals surface area contributed by atoms with Gasteiger partial charge < -0.3 is 4.74 Å². The van der Waals surface area contributed by atoms with E-state index < -0.39 is 0 Å². The van der Waals surface area contributed by atoms with Gasteiger partial charge in [0.2, 0.25) is 0 Å². The third-order valence-corrected chi connectivity index (χ3v) is 3.19. The van der Waals surface area contributed by atoms with Crippen molar-refractivity contribution < 1.29 is 4.74 Å². The topological polar surface area (TPSA) is 9.23 Å². The molecule has 0 aliphatic carbocycles. The first-order valence-corrected chi connectivity index (χ1v) is 6.34. The van der Waals surface area contributed by atoms with E-state index in [-0.39, 0.29) is 0 Å². The molecule has 0 aromatic heterocycles. The van der Waals surface area contributed by atoms with Gasteiger partial charge in [-0.3, -0.25) is 0 Å². The van der Waals surface area contributed by atoms with Gasteiger partial charge in [-0.25, -0.2) is 0 Å². The van der Waals surface area contributed by atoms with E-state index in [0.29, 0.717) is 0 Å². The average molecular weight is 228 g/mol. The van der Waals surface area contributed by atoms with Crippen molar-refractivity contribution in [1.29, 1.82) is 0 Å². The van der Waals surface area contributed by atoms with Gasteiger partial charge in [0.25, 0.3) is 0 Å². The molecule has 1 nitrogen and oxygen atoms in total. The highest BCUT2D eigenvalue weighted by Gasteiger charge is 1.98. The molecule has 2 aromatic rings. The van der Waals surface area contributed by atoms with Crippen LogP contribution in [0.3, 0.4) is 0 Å². The Kier molecular flexibility index (Phi) is 4.16. The maximum Gasteiger partial charge on any atom is 0.0465 e. The molecule has 0 spiro atoms. The van der Waals surface area contributed by atoms with Crippen molar-refractivity contribution in [2.24, 2.45) is 0 Å². The van der Waals surface area contributed by atoms with Gasteiger partial charge in [0.15, 0.2) is 0 Å². The minimum absolute atomic E-state index is 0.840. The van der Waals surface area contributed by atoms with Crippen LogP contribution in [0.4, 0.5) is 0 Å². The Morgan fingerprint density at radius 3 is 2.24 bits per heavy atom. The fourth-order valence-corrected chi connectivity index (χ4v) is 2.14. The lowest BCUT2D eigenvalue weighted by Crippen LogP contribution is -1.92. The normalized spacial score (nSPS) is 10.9. The Morgan fingerprint density at radius 1 is 0.941 bits per heavy atom. The summed E-state index contributed by atoms with van der Waals surface area (Å²) in [5.74, 6) is 0. The van der Waals surface area contributed by atoms with Gasteiger partial charge in [-0.05, 0) is 41.2 Å². The molecule has 0 N–H and O–H groups in total. The van der Waals surface area contributed by atoms with E-state index in [4.69, 9.17) is 4.74 Å². The Labute approximate surface area is 103 Å². The minimum atomic E-state index is 0.840. The first kappa shape index (κ1) is 12.1. The van der Waals surface area contributed by atoms with E-state index in [9.17, 15) is 0 Å². The van der Waals surface area contributed by atoms with Gasteiger partial charge in [0.1, 0.15) is 0 Å². The van der Waals surface area contributed by atoms with Crippen LogP contribution in [0.2, 0.25) is 0 Å². The van der Waals surface area contributed by atoms with Gasteiger partial charge in [0.05, 0.1) is 0 Å². The third-order valence-electron chi connectivity index (χ3n) is 3.19. The van der Waals surface area contributed by atoms with E-state index in [1.165, 1.54) is 21.9 Å². The number of fused-ring (bicyclic) bond motifs is 1. The number of hydrogen-bond acceptors (Lipinski definition) is 1. The predicted octanol–water partition coefficient (Wildman–Crippen LogP) is 3.98. The highest BCUT2D eigenvalue weighted by molar-refractivity contribution is 5.83. The molecule has 0 saturated heterocycles. The summed E-state index contributed by atoms with van der Waals surface area (Å²) in [7, 11) is 1.76. The lowest BCUT2D eigenvalue weighted by Gasteiger charge is -2.05. The minimum Gasteiger partial charge on any atom is -0.385 e. The average Bonchev–Trinajstić information content (AvgIpc) is 2.38. The molecule has 0 aliphatic rings. The number of methoxy groups -OCH3 is 1. The zero-order chi connectivity index (χ0) is 12.1. The monoisotopic (exact) mass is 228 g/mol. The Hall–Kier alpha value is -1.34. The largest absolute Gasteiger partial charge is 0.385 e. The van der Waals surface area contributed by atoms with Gasteiger partial charge in [0, 0.05) is 13.7 Å². The third kappa shape index (κ3) is 3.07. The first-order chi connectivity index (χ1) is 8.33. The van der Waals surface area contributed by atoms with E-state index in [2.05, 4.69) is 43.3 Å². The van der Waals surface area contributed by atoms with Crippen molar-refractivity contribution in [3.63, 3.8) is 0 Å². The predicted molar refractivity (Wildman–Crippen MR) is 73.5 cm³/mol. The summed E-state index contributed by atoms with van der Waals surface area (Å²) in [5, 5.41) is 2.69. The lowest BCUT2D eigenvalue weighted by atomic mass is 10.0. The summed E-state index contributed by atoms with van der Waals surface area (Å²) in [6.45, 7) is 3.03. The Morgan fingerprint density at radius 2 is 1.59 bits per heavy atom. The van der Waals surface area contributed by atoms with Crippen LogP contribution >= 0.6 is 0 Å². The Bertz CT molecular complexity index is 488. The van der Waals surface area contributed by atoms with Gasteiger partial charge >= 0.3 is 0 Å². The van der Waals surface area contributed by atoms with Crippen LogP contribution in [0.15, 0.2) is 36.4 Å². The van der Waals surface area contributed by atoms with Crippen LogP contribution < -0.4 is 0 Å². The van der Waals surface area contributed by atoms with Crippen molar-refractivity contribution in [1.82, 2.24) is 0 Å². The maximum absolute atomic E-state index is 5.08. The number of ether oxygens (including phenoxy) is 1. The summed E-state index contributed by atoms with van der Waals surface area (Å²) >= 11 is 0. The molecule has 90 valence electrons. The number of benzene rings is 2. The van der Waals surface area contributed by atoms with Crippen molar-refractivity contribution >= 4 is 10.8 Å². The van der Waals surface area contributed by atoms with E-state index >= 15 is 0 Å². The fourth-order valence-electron chi connectivity index (χ4n) is 2.14. The summed E-state index contributed by atoms with van der Waals surface area (Å²) in [6.07, 6.45) is 3.29. The quantitative estimate of drug-likeness (QED) is 0.703. The van der Waals surface area contributed by atoms with Crippen molar-refractivity contribution in [3.05, 3.63) is 47.5 Å². The molecule has 17 heavy (non-hydrogen) atoms. The Balaban J connectivity index is 2.19. The van der Waals surface area contributed by atoms with Crippen LogP contribution in [0.25, 0.3) is 10.8 Å². The molecular formula is C16H20O. The SMILES string of the molecule is CCc1ccc2cc(CCCOC)ccc2c1. The standard InChI is InChI=1S/C16H20O/c1-3-13-6-8-16-12-14(5-4-10-17-2)7-9-15(16)11-13/h6-9,11-12H,3-5,10H2,1-2H3. The number of hydrogen-bond donors (Lipinski definition) is 0. The first-order valence-electron chi connectivity index (χ1n) is 6.34. The van der Waals surface area contributed by atoms with E-state index in [1.54, 1.807) is 7.11 Å². The van der Waals surface area contributed by atoms with Crippen LogP contribution in [0.5, 0.6) is 0 Å². The fraction of sp³-hybridized carbons (Fsp3) is 0.375. The van der Waals surface area contributed by atoms with Gasteiger partial charge in [-0.1, -0.05) is 43.3 Å². The molecule has 0 amide bonds. The second-order valence-corrected chi connectivity index (χ2v) is 4.47. The highest BCUT2D eigenvalue weighted by atomic mass is 16.5. The molecule has 1 heteroatoms. The molecule has 0 aliphatic heterocycles. The van der Waals surface area contributed by atoms with Crippen molar-refractivity contribution in [2.45, 2.75) is 26.2 Å². The summed E-state index contributed by atoms with van der Waals surface area (Å²) < 4.78 is 5.08. The molecule has 0 fully saturated rings. The van der Waals surface area contributed by atoms with Crippen molar-refractivity contribution in [2.75, 3.05) is 13.7 Å². The van der Waals surface area contributed by atoms with Gasteiger partial charge in [-0.2, -0.15) is 0 Å². The molecule has 0 unspecified atom stereocenters. The molecular weight excluding hydrogens is 208 g/mol. The summed E-state index contributed by atoms with van der Waals surface area (Å²) in [4.78, 5) is 0. The molecule has 0 radical (unpaired) electrons. The molecule has 2 aromatic carbocycles. The zero-order valence-corrected chi connectivity index (χ0v) is 10.7. The zero-order valence-electron chi connectivity index (χ0n) is 10.7. The second-order valence-electron chi connectivity index (χ2n) is 4.47. The van der Waals surface area contributed by atoms with Crippen LogP contribution in [-0.2, 0) is 17.6 Å². The molecule has 2 rings (SSSR count). The maximum atomic E-state index is 5.08. The van der Waals surface area contributed by atoms with Gasteiger partial charge in [-0.15, -0.1) is 0 Å². The van der Waals surface area contributed by atoms with Crippen LogP contribution in [0, 0.1) is 0 Å². The molecule has 0 saturated carbocycles. The summed E-state index contributed by atoms with van der Waals surface area (Å²) in [5.41, 5.74) is 2.81.